The standard InChI is InChI=1S/C70H89N11O11S/c1-46(77(6)69(86)92-70(2,3)4)64(82)74-62(48-17-8-7-9-18-48)66(83)81-30-15-24-60(81)65-72-58(45-93-65)54-25-26-61(55-22-13-12-21-53(54)55)90-39-37-88-35-34-87-36-38-89-51-40-50(76(5)42-51)44-91-67-73-57-43-78(59-23-14-19-47-16-10-11-20-52(47)59)31-28-56(57)63(75-67)79-32-33-80(68(84)85)49(41-79)27-29-71/h10-14,16,19-23,25-26,45-46,48-51,60,62H,7-9,15,17-18,24,27-28,30-44H2,1-6H3,(H,74,82)(H,84,85)/t46-,49-,50-,51+,60?,62-/m0/s1. The SMILES string of the molecule is C[C@@H](C(=O)N[C@H](C(=O)N1CCCC1c1nc(-c2ccc(OCCOCCOCCO[C@@H]3C[C@@H](COc4nc5c(c(N6CCN(C(=O)O)[C@@H](CC#N)C6)n4)CCN(c4cccc6ccccc46)C5)N(C)C3)c3ccccc23)cs1)C1CCCCC1)N(C)C(=O)OC(C)(C)C. The molecule has 4 aromatic carbocycles. The van der Waals surface area contributed by atoms with E-state index >= 15 is 0 Å². The fourth-order valence-corrected chi connectivity index (χ4v) is 14.7. The normalized spacial score (nSPS) is 20.3. The molecule has 2 aromatic heterocycles. The van der Waals surface area contributed by atoms with Crippen molar-refractivity contribution in [2.45, 2.75) is 140 Å². The molecule has 4 amide bonds. The maximum atomic E-state index is 14.7. The Morgan fingerprint density at radius 2 is 1.53 bits per heavy atom. The molecular formula is C70H89N11O11S. The fraction of sp³-hybridized carbons (Fsp3) is 0.543. The van der Waals surface area contributed by atoms with E-state index < -0.39 is 35.9 Å². The van der Waals surface area contributed by atoms with E-state index in [0.29, 0.717) is 78.8 Å². The molecule has 0 spiro atoms. The number of benzene rings is 4. The number of fused-ring (bicyclic) bond motifs is 3. The molecule has 22 nitrogen and oxygen atoms in total. The van der Waals surface area contributed by atoms with Crippen molar-refractivity contribution in [3.05, 3.63) is 101 Å². The lowest BCUT2D eigenvalue weighted by atomic mass is 9.83. The Kier molecular flexibility index (Phi) is 21.8. The zero-order valence-electron chi connectivity index (χ0n) is 54.5. The van der Waals surface area contributed by atoms with E-state index in [1.54, 1.807) is 46.1 Å². The largest absolute Gasteiger partial charge is 0.491 e. The Morgan fingerprint density at radius 1 is 0.785 bits per heavy atom. The molecule has 6 atom stereocenters. The number of ether oxygens (including phenoxy) is 6. The summed E-state index contributed by atoms with van der Waals surface area (Å²) < 4.78 is 36.5. The van der Waals surface area contributed by atoms with Crippen LogP contribution in [-0.2, 0) is 41.5 Å². The monoisotopic (exact) mass is 1290 g/mol. The highest BCUT2D eigenvalue weighted by molar-refractivity contribution is 7.10. The molecule has 496 valence electrons. The molecule has 6 aromatic rings. The van der Waals surface area contributed by atoms with Gasteiger partial charge in [0.2, 0.25) is 11.8 Å². The van der Waals surface area contributed by atoms with Crippen molar-refractivity contribution in [3.63, 3.8) is 0 Å². The molecule has 5 aliphatic rings. The van der Waals surface area contributed by atoms with Gasteiger partial charge in [0.15, 0.2) is 0 Å². The summed E-state index contributed by atoms with van der Waals surface area (Å²) in [4.78, 5) is 80.1. The summed E-state index contributed by atoms with van der Waals surface area (Å²) >= 11 is 1.55. The van der Waals surface area contributed by atoms with Gasteiger partial charge in [-0.1, -0.05) is 79.9 Å². The minimum Gasteiger partial charge on any atom is -0.491 e. The molecule has 1 aliphatic carbocycles. The first-order chi connectivity index (χ1) is 45.0. The zero-order valence-corrected chi connectivity index (χ0v) is 55.3. The molecular weight excluding hydrogens is 1200 g/mol. The second-order valence-corrected chi connectivity index (χ2v) is 27.0. The molecule has 2 N–H and O–H groups in total. The summed E-state index contributed by atoms with van der Waals surface area (Å²) in [6.45, 7) is 13.5. The average molecular weight is 1290 g/mol. The molecule has 4 aliphatic heterocycles. The van der Waals surface area contributed by atoms with E-state index in [1.807, 2.05) is 35.2 Å². The van der Waals surface area contributed by atoms with Crippen LogP contribution in [0.2, 0.25) is 0 Å². The van der Waals surface area contributed by atoms with Crippen LogP contribution in [0.15, 0.2) is 84.2 Å². The lowest BCUT2D eigenvalue weighted by molar-refractivity contribution is -0.140. The number of likely N-dealkylation sites (tertiary alicyclic amines) is 2. The maximum absolute atomic E-state index is 14.7. The van der Waals surface area contributed by atoms with Crippen molar-refractivity contribution >= 4 is 68.4 Å². The number of anilines is 2. The number of hydrogen-bond donors (Lipinski definition) is 2. The zero-order chi connectivity index (χ0) is 65.2. The van der Waals surface area contributed by atoms with Crippen molar-refractivity contribution in [2.75, 3.05) is 109 Å². The number of nitrogens with zero attached hydrogens (tertiary/aromatic N) is 10. The number of carboxylic acid groups (broad SMARTS) is 1. The summed E-state index contributed by atoms with van der Waals surface area (Å²) in [5, 5.41) is 29.9. The highest BCUT2D eigenvalue weighted by atomic mass is 32.1. The van der Waals surface area contributed by atoms with E-state index in [0.717, 1.165) is 120 Å². The first-order valence-corrected chi connectivity index (χ1v) is 33.9. The van der Waals surface area contributed by atoms with Crippen molar-refractivity contribution < 1.29 is 52.7 Å². The smallest absolute Gasteiger partial charge is 0.410 e. The highest BCUT2D eigenvalue weighted by Gasteiger charge is 2.42. The van der Waals surface area contributed by atoms with Crippen LogP contribution >= 0.6 is 11.3 Å². The number of likely N-dealkylation sites (N-methyl/N-ethyl adjacent to an activating group) is 2. The summed E-state index contributed by atoms with van der Waals surface area (Å²) in [6.07, 6.45) is 6.33. The van der Waals surface area contributed by atoms with E-state index in [9.17, 15) is 29.5 Å². The lowest BCUT2D eigenvalue weighted by Gasteiger charge is -2.41. The Morgan fingerprint density at radius 3 is 2.30 bits per heavy atom. The molecule has 6 heterocycles. The van der Waals surface area contributed by atoms with E-state index in [4.69, 9.17) is 43.4 Å². The number of aromatic nitrogens is 3. The first-order valence-electron chi connectivity index (χ1n) is 33.0. The van der Waals surface area contributed by atoms with Gasteiger partial charge in [-0.3, -0.25) is 19.4 Å². The number of piperazine rings is 1. The number of rotatable bonds is 24. The van der Waals surface area contributed by atoms with Gasteiger partial charge in [0.05, 0.1) is 81.6 Å². The van der Waals surface area contributed by atoms with E-state index in [1.165, 1.54) is 20.6 Å². The van der Waals surface area contributed by atoms with Crippen LogP contribution in [0.25, 0.3) is 32.8 Å². The molecule has 4 fully saturated rings. The van der Waals surface area contributed by atoms with Gasteiger partial charge in [0.1, 0.15) is 47.5 Å². The number of amides is 4. The fourth-order valence-electron chi connectivity index (χ4n) is 13.7. The third-order valence-corrected chi connectivity index (χ3v) is 19.8. The highest BCUT2D eigenvalue weighted by Crippen LogP contribution is 2.41. The second-order valence-electron chi connectivity index (χ2n) is 26.1. The van der Waals surface area contributed by atoms with Crippen molar-refractivity contribution in [2.24, 2.45) is 5.92 Å². The van der Waals surface area contributed by atoms with Crippen LogP contribution in [0.3, 0.4) is 0 Å². The number of hydrogen-bond acceptors (Lipinski definition) is 18. The number of carbonyl (C=O) groups is 4. The Balaban J connectivity index is 0.627. The minimum atomic E-state index is -1.02. The Labute approximate surface area is 549 Å². The van der Waals surface area contributed by atoms with Crippen LogP contribution in [0, 0.1) is 17.2 Å². The van der Waals surface area contributed by atoms with Gasteiger partial charge in [-0.05, 0) is 108 Å². The van der Waals surface area contributed by atoms with Crippen LogP contribution in [0.5, 0.6) is 11.8 Å². The molecule has 11 rings (SSSR count). The molecule has 0 radical (unpaired) electrons. The third kappa shape index (κ3) is 16.0. The quantitative estimate of drug-likeness (QED) is 0.0536. The van der Waals surface area contributed by atoms with Gasteiger partial charge in [-0.15, -0.1) is 11.3 Å². The predicted molar refractivity (Wildman–Crippen MR) is 356 cm³/mol. The Hall–Kier alpha value is -7.88. The molecule has 1 saturated carbocycles. The third-order valence-electron chi connectivity index (χ3n) is 18.8. The Bertz CT molecular complexity index is 3620. The molecule has 23 heteroatoms. The maximum Gasteiger partial charge on any atom is 0.410 e. The van der Waals surface area contributed by atoms with Gasteiger partial charge >= 0.3 is 18.2 Å². The predicted octanol–water partition coefficient (Wildman–Crippen LogP) is 10.1. The second kappa shape index (κ2) is 30.5. The van der Waals surface area contributed by atoms with Gasteiger partial charge in [-0.2, -0.15) is 15.2 Å². The summed E-state index contributed by atoms with van der Waals surface area (Å²) in [5.74, 6) is 1.01. The van der Waals surface area contributed by atoms with Crippen molar-refractivity contribution in [3.8, 4) is 29.1 Å². The number of carbonyl (C=O) groups excluding carboxylic acids is 3. The number of nitriles is 1. The minimum absolute atomic E-state index is 0.00166. The summed E-state index contributed by atoms with van der Waals surface area (Å²) in [6, 6.07) is 27.2. The van der Waals surface area contributed by atoms with Gasteiger partial charge in [0, 0.05) is 85.3 Å². The van der Waals surface area contributed by atoms with E-state index in [2.05, 4.69) is 87.0 Å². The topological polar surface area (TPSA) is 238 Å². The van der Waals surface area contributed by atoms with Crippen LogP contribution < -0.4 is 24.6 Å². The van der Waals surface area contributed by atoms with Crippen LogP contribution in [0.4, 0.5) is 21.1 Å². The average Bonchev–Trinajstić information content (AvgIpc) is 1.46. The molecule has 93 heavy (non-hydrogen) atoms. The van der Waals surface area contributed by atoms with Gasteiger partial charge in [-0.25, -0.2) is 14.6 Å². The first kappa shape index (κ1) is 66.6. The summed E-state index contributed by atoms with van der Waals surface area (Å²) in [7, 11) is 3.62. The summed E-state index contributed by atoms with van der Waals surface area (Å²) in [5.41, 5.74) is 4.12. The van der Waals surface area contributed by atoms with E-state index in [-0.39, 0.29) is 54.9 Å². The van der Waals surface area contributed by atoms with Crippen molar-refractivity contribution in [1.29, 1.82) is 5.26 Å². The van der Waals surface area contributed by atoms with Crippen LogP contribution in [-0.4, -0.2) is 199 Å². The molecule has 0 bridgehead atoms. The van der Waals surface area contributed by atoms with Gasteiger partial charge < -0.3 is 58.4 Å². The molecule has 1 unspecified atom stereocenters. The lowest BCUT2D eigenvalue weighted by Crippen LogP contribution is -2.56. The molecule has 3 saturated heterocycles. The van der Waals surface area contributed by atoms with Gasteiger partial charge in [0.25, 0.3) is 0 Å². The van der Waals surface area contributed by atoms with Crippen LogP contribution in [0.1, 0.15) is 108 Å². The van der Waals surface area contributed by atoms with Crippen molar-refractivity contribution in [1.82, 2.24) is 39.9 Å². The number of thiazole rings is 1. The number of nitrogens with one attached hydrogen (secondary N) is 1.